The van der Waals surface area contributed by atoms with E-state index in [2.05, 4.69) is 0 Å². The largest absolute Gasteiger partial charge is 0.489 e. The first-order chi connectivity index (χ1) is 13.3. The van der Waals surface area contributed by atoms with Crippen molar-refractivity contribution in [3.8, 4) is 5.75 Å². The average Bonchev–Trinajstić information content (AvgIpc) is 2.83. The van der Waals surface area contributed by atoms with E-state index in [-0.39, 0.29) is 18.7 Å². The molecule has 0 spiro atoms. The summed E-state index contributed by atoms with van der Waals surface area (Å²) in [6, 6.07) is 8.18. The van der Waals surface area contributed by atoms with Crippen molar-refractivity contribution in [2.24, 2.45) is 0 Å². The Balaban J connectivity index is 1.64. The first-order valence-corrected chi connectivity index (χ1v) is 9.50. The molecule has 1 aliphatic rings. The quantitative estimate of drug-likeness (QED) is 0.816. The van der Waals surface area contributed by atoms with Crippen LogP contribution in [0, 0.1) is 18.6 Å². The summed E-state index contributed by atoms with van der Waals surface area (Å²) in [6.45, 7) is 2.62. The molecule has 150 valence electrons. The van der Waals surface area contributed by atoms with E-state index in [0.717, 1.165) is 23.8 Å². The van der Waals surface area contributed by atoms with Crippen molar-refractivity contribution >= 4 is 17.5 Å². The van der Waals surface area contributed by atoms with Gasteiger partial charge >= 0.3 is 0 Å². The number of halogens is 3. The van der Waals surface area contributed by atoms with Crippen LogP contribution in [0.1, 0.15) is 35.2 Å². The molecule has 0 saturated carbocycles. The van der Waals surface area contributed by atoms with Crippen LogP contribution in [0.25, 0.3) is 0 Å². The van der Waals surface area contributed by atoms with Gasteiger partial charge in [0.25, 0.3) is 5.91 Å². The third-order valence-electron chi connectivity index (χ3n) is 4.90. The van der Waals surface area contributed by atoms with Gasteiger partial charge in [-0.25, -0.2) is 8.78 Å². The van der Waals surface area contributed by atoms with Crippen molar-refractivity contribution in [2.45, 2.75) is 31.8 Å². The molecule has 0 bridgehead atoms. The number of aryl methyl sites for hydroxylation is 1. The Labute approximate surface area is 167 Å². The summed E-state index contributed by atoms with van der Waals surface area (Å²) in [6.07, 6.45) is 1.28. The average molecular weight is 410 g/mol. The SMILES string of the molecule is Cc1ccc(Cl)c(OCC2(O)CCCN(C(=O)c3cc(F)cc(F)c3)CC2)c1. The Morgan fingerprint density at radius 3 is 2.61 bits per heavy atom. The number of ether oxygens (including phenoxy) is 1. The third kappa shape index (κ3) is 5.00. The van der Waals surface area contributed by atoms with E-state index in [4.69, 9.17) is 16.3 Å². The van der Waals surface area contributed by atoms with Crippen LogP contribution in [0.2, 0.25) is 5.02 Å². The predicted molar refractivity (Wildman–Crippen MR) is 103 cm³/mol. The number of rotatable bonds is 4. The number of amides is 1. The minimum Gasteiger partial charge on any atom is -0.489 e. The van der Waals surface area contributed by atoms with Gasteiger partial charge in [0.2, 0.25) is 0 Å². The number of hydrogen-bond donors (Lipinski definition) is 1. The normalized spacial score (nSPS) is 20.0. The molecule has 1 aliphatic heterocycles. The number of aliphatic hydroxyl groups is 1. The highest BCUT2D eigenvalue weighted by Gasteiger charge is 2.33. The van der Waals surface area contributed by atoms with Gasteiger partial charge in [0.1, 0.15) is 29.6 Å². The molecule has 1 amide bonds. The van der Waals surface area contributed by atoms with E-state index in [1.54, 1.807) is 12.1 Å². The summed E-state index contributed by atoms with van der Waals surface area (Å²) in [7, 11) is 0. The molecule has 2 aromatic carbocycles. The maximum Gasteiger partial charge on any atom is 0.254 e. The monoisotopic (exact) mass is 409 g/mol. The molecule has 0 aromatic heterocycles. The van der Waals surface area contributed by atoms with Crippen molar-refractivity contribution in [3.05, 3.63) is 64.2 Å². The molecule has 1 saturated heterocycles. The van der Waals surface area contributed by atoms with Crippen LogP contribution in [0.4, 0.5) is 8.78 Å². The van der Waals surface area contributed by atoms with Crippen molar-refractivity contribution in [1.29, 1.82) is 0 Å². The Hall–Kier alpha value is -2.18. The highest BCUT2D eigenvalue weighted by molar-refractivity contribution is 6.32. The Kier molecular flexibility index (Phi) is 6.20. The van der Waals surface area contributed by atoms with E-state index in [9.17, 15) is 18.7 Å². The summed E-state index contributed by atoms with van der Waals surface area (Å²) < 4.78 is 32.5. The molecule has 1 fully saturated rings. The molecular weight excluding hydrogens is 388 g/mol. The first-order valence-electron chi connectivity index (χ1n) is 9.12. The first kappa shape index (κ1) is 20.6. The van der Waals surface area contributed by atoms with Crippen LogP contribution in [0.5, 0.6) is 5.75 Å². The summed E-state index contributed by atoms with van der Waals surface area (Å²) in [4.78, 5) is 14.1. The van der Waals surface area contributed by atoms with Gasteiger partial charge < -0.3 is 14.7 Å². The molecule has 7 heteroatoms. The van der Waals surface area contributed by atoms with E-state index in [1.807, 2.05) is 13.0 Å². The maximum absolute atomic E-state index is 13.4. The minimum atomic E-state index is -1.12. The third-order valence-corrected chi connectivity index (χ3v) is 5.21. The Bertz CT molecular complexity index is 856. The maximum atomic E-state index is 13.4. The molecule has 1 unspecified atom stereocenters. The smallest absolute Gasteiger partial charge is 0.254 e. The lowest BCUT2D eigenvalue weighted by Gasteiger charge is -2.27. The lowest BCUT2D eigenvalue weighted by atomic mass is 9.96. The Morgan fingerprint density at radius 2 is 1.89 bits per heavy atom. The van der Waals surface area contributed by atoms with Gasteiger partial charge in [-0.05, 0) is 56.0 Å². The molecule has 0 aliphatic carbocycles. The Morgan fingerprint density at radius 1 is 1.18 bits per heavy atom. The molecule has 1 heterocycles. The van der Waals surface area contributed by atoms with Gasteiger partial charge in [-0.15, -0.1) is 0 Å². The van der Waals surface area contributed by atoms with Crippen LogP contribution < -0.4 is 4.74 Å². The second-order valence-electron chi connectivity index (χ2n) is 7.25. The van der Waals surface area contributed by atoms with Gasteiger partial charge in [0.15, 0.2) is 0 Å². The fourth-order valence-electron chi connectivity index (χ4n) is 3.32. The lowest BCUT2D eigenvalue weighted by Crippen LogP contribution is -2.38. The number of nitrogens with zero attached hydrogens (tertiary/aromatic N) is 1. The van der Waals surface area contributed by atoms with Crippen LogP contribution in [0.15, 0.2) is 36.4 Å². The van der Waals surface area contributed by atoms with Crippen LogP contribution >= 0.6 is 11.6 Å². The van der Waals surface area contributed by atoms with E-state index in [0.29, 0.717) is 36.6 Å². The van der Waals surface area contributed by atoms with Crippen LogP contribution in [0.3, 0.4) is 0 Å². The molecule has 2 aromatic rings. The fourth-order valence-corrected chi connectivity index (χ4v) is 3.49. The topological polar surface area (TPSA) is 49.8 Å². The summed E-state index contributed by atoms with van der Waals surface area (Å²) in [5, 5.41) is 11.4. The molecular formula is C21H22ClF2NO3. The van der Waals surface area contributed by atoms with Gasteiger partial charge in [-0.3, -0.25) is 4.79 Å². The van der Waals surface area contributed by atoms with Gasteiger partial charge in [-0.2, -0.15) is 0 Å². The molecule has 0 radical (unpaired) electrons. The molecule has 28 heavy (non-hydrogen) atoms. The number of carbonyl (C=O) groups is 1. The van der Waals surface area contributed by atoms with E-state index >= 15 is 0 Å². The highest BCUT2D eigenvalue weighted by atomic mass is 35.5. The van der Waals surface area contributed by atoms with Crippen molar-refractivity contribution < 1.29 is 23.4 Å². The fraction of sp³-hybridized carbons (Fsp3) is 0.381. The van der Waals surface area contributed by atoms with Gasteiger partial charge in [0, 0.05) is 24.7 Å². The van der Waals surface area contributed by atoms with Gasteiger partial charge in [0.05, 0.1) is 5.02 Å². The second kappa shape index (κ2) is 8.45. The lowest BCUT2D eigenvalue weighted by molar-refractivity contribution is -0.0163. The zero-order chi connectivity index (χ0) is 20.3. The summed E-state index contributed by atoms with van der Waals surface area (Å²) in [5.41, 5.74) is -0.160. The van der Waals surface area contributed by atoms with Crippen molar-refractivity contribution in [1.82, 2.24) is 4.90 Å². The highest BCUT2D eigenvalue weighted by Crippen LogP contribution is 2.29. The van der Waals surface area contributed by atoms with Crippen molar-refractivity contribution in [2.75, 3.05) is 19.7 Å². The van der Waals surface area contributed by atoms with Crippen LogP contribution in [-0.2, 0) is 0 Å². The van der Waals surface area contributed by atoms with E-state index < -0.39 is 23.1 Å². The second-order valence-corrected chi connectivity index (χ2v) is 7.66. The molecule has 4 nitrogen and oxygen atoms in total. The number of benzene rings is 2. The predicted octanol–water partition coefficient (Wildman–Crippen LogP) is 4.36. The van der Waals surface area contributed by atoms with Gasteiger partial charge in [-0.1, -0.05) is 17.7 Å². The number of hydrogen-bond acceptors (Lipinski definition) is 3. The minimum absolute atomic E-state index is 0.0364. The van der Waals surface area contributed by atoms with Crippen molar-refractivity contribution in [3.63, 3.8) is 0 Å². The summed E-state index contributed by atoms with van der Waals surface area (Å²) in [5.74, 6) is -1.54. The zero-order valence-corrected chi connectivity index (χ0v) is 16.3. The van der Waals surface area contributed by atoms with E-state index in [1.165, 1.54) is 4.90 Å². The zero-order valence-electron chi connectivity index (χ0n) is 15.6. The molecule has 1 atom stereocenters. The number of likely N-dealkylation sites (tertiary alicyclic amines) is 1. The standard InChI is InChI=1S/C21H22ClF2NO3/c1-14-3-4-18(22)19(9-14)28-13-21(27)5-2-7-25(8-6-21)20(26)15-10-16(23)12-17(24)11-15/h3-4,9-12,27H,2,5-8,13H2,1H3. The number of carbonyl (C=O) groups excluding carboxylic acids is 1. The van der Waals surface area contributed by atoms with Crippen LogP contribution in [-0.4, -0.2) is 41.2 Å². The molecule has 3 rings (SSSR count). The molecule has 1 N–H and O–H groups in total. The summed E-state index contributed by atoms with van der Waals surface area (Å²) >= 11 is 6.13.